The summed E-state index contributed by atoms with van der Waals surface area (Å²) in [6.45, 7) is 5.55. The van der Waals surface area contributed by atoms with Crippen molar-refractivity contribution < 1.29 is 9.53 Å². The van der Waals surface area contributed by atoms with E-state index in [-0.39, 0.29) is 5.91 Å². The van der Waals surface area contributed by atoms with Gasteiger partial charge in [-0.1, -0.05) is 29.8 Å². The smallest absolute Gasteiger partial charge is 0.221 e. The molecule has 0 radical (unpaired) electrons. The van der Waals surface area contributed by atoms with E-state index < -0.39 is 0 Å². The molecule has 3 aromatic rings. The van der Waals surface area contributed by atoms with Crippen LogP contribution in [0.2, 0.25) is 5.02 Å². The number of carbonyl (C=O) groups excluding carboxylic acids is 1. The largest absolute Gasteiger partial charge is 0.455 e. The van der Waals surface area contributed by atoms with Gasteiger partial charge in [0.25, 0.3) is 0 Å². The van der Waals surface area contributed by atoms with Crippen molar-refractivity contribution in [2.24, 2.45) is 0 Å². The van der Waals surface area contributed by atoms with Crippen LogP contribution in [0.25, 0.3) is 0 Å². The van der Waals surface area contributed by atoms with E-state index >= 15 is 0 Å². The first-order valence-corrected chi connectivity index (χ1v) is 8.99. The zero-order chi connectivity index (χ0) is 19.4. The van der Waals surface area contributed by atoms with Crippen molar-refractivity contribution in [3.05, 3.63) is 76.8 Å². The molecule has 0 spiro atoms. The molecular formula is C22H21ClN2O2. The van der Waals surface area contributed by atoms with Gasteiger partial charge >= 0.3 is 0 Å². The number of halogens is 1. The SMILES string of the molecule is CC(=O)Nc1ccc(C)c(C)c1Nc1ccccc1Oc1ccc(Cl)cc1. The second-order valence-electron chi connectivity index (χ2n) is 6.29. The zero-order valence-electron chi connectivity index (χ0n) is 15.5. The Bertz CT molecular complexity index is 969. The number of hydrogen-bond donors (Lipinski definition) is 2. The van der Waals surface area contributed by atoms with Crippen molar-refractivity contribution in [2.45, 2.75) is 20.8 Å². The molecule has 0 saturated carbocycles. The first kappa shape index (κ1) is 18.8. The van der Waals surface area contributed by atoms with E-state index in [9.17, 15) is 4.79 Å². The Morgan fingerprint density at radius 3 is 2.33 bits per heavy atom. The van der Waals surface area contributed by atoms with E-state index in [0.717, 1.165) is 28.2 Å². The monoisotopic (exact) mass is 380 g/mol. The standard InChI is InChI=1S/C22H21ClN2O2/c1-14-8-13-20(24-16(3)26)22(15(14)2)25-19-6-4-5-7-21(19)27-18-11-9-17(23)10-12-18/h4-13,25H,1-3H3,(H,24,26). The fraction of sp³-hybridized carbons (Fsp3) is 0.136. The van der Waals surface area contributed by atoms with Gasteiger partial charge in [-0.15, -0.1) is 0 Å². The average molecular weight is 381 g/mol. The van der Waals surface area contributed by atoms with E-state index in [2.05, 4.69) is 10.6 Å². The summed E-state index contributed by atoms with van der Waals surface area (Å²) in [5.74, 6) is 1.25. The Labute approximate surface area is 164 Å². The molecule has 0 bridgehead atoms. The molecule has 0 unspecified atom stereocenters. The molecule has 4 nitrogen and oxygen atoms in total. The Hall–Kier alpha value is -2.98. The Balaban J connectivity index is 1.96. The molecule has 3 rings (SSSR count). The molecule has 0 saturated heterocycles. The topological polar surface area (TPSA) is 50.4 Å². The highest BCUT2D eigenvalue weighted by Crippen LogP contribution is 2.36. The number of benzene rings is 3. The van der Waals surface area contributed by atoms with Crippen molar-refractivity contribution in [1.29, 1.82) is 0 Å². The maximum absolute atomic E-state index is 11.6. The lowest BCUT2D eigenvalue weighted by atomic mass is 10.1. The highest BCUT2D eigenvalue weighted by atomic mass is 35.5. The summed E-state index contributed by atoms with van der Waals surface area (Å²) in [6, 6.07) is 18.8. The van der Waals surface area contributed by atoms with Gasteiger partial charge in [0.05, 0.1) is 17.1 Å². The van der Waals surface area contributed by atoms with Crippen LogP contribution in [-0.4, -0.2) is 5.91 Å². The molecule has 0 aliphatic carbocycles. The van der Waals surface area contributed by atoms with Crippen LogP contribution in [0.5, 0.6) is 11.5 Å². The molecule has 1 amide bonds. The molecule has 0 aliphatic rings. The first-order valence-electron chi connectivity index (χ1n) is 8.61. The Morgan fingerprint density at radius 2 is 1.63 bits per heavy atom. The Kier molecular flexibility index (Phi) is 5.67. The fourth-order valence-corrected chi connectivity index (χ4v) is 2.82. The summed E-state index contributed by atoms with van der Waals surface area (Å²) in [5, 5.41) is 6.96. The second kappa shape index (κ2) is 8.14. The van der Waals surface area contributed by atoms with Gasteiger partial charge in [-0.05, 0) is 67.4 Å². The summed E-state index contributed by atoms with van der Waals surface area (Å²) in [7, 11) is 0. The molecular weight excluding hydrogens is 360 g/mol. The lowest BCUT2D eigenvalue weighted by Gasteiger charge is -2.19. The van der Waals surface area contributed by atoms with E-state index in [1.807, 2.05) is 62.4 Å². The molecule has 0 atom stereocenters. The van der Waals surface area contributed by atoms with Gasteiger partial charge in [0.15, 0.2) is 5.75 Å². The minimum Gasteiger partial charge on any atom is -0.455 e. The molecule has 0 aliphatic heterocycles. The number of carbonyl (C=O) groups is 1. The maximum atomic E-state index is 11.6. The predicted molar refractivity (Wildman–Crippen MR) is 111 cm³/mol. The van der Waals surface area contributed by atoms with Gasteiger partial charge < -0.3 is 15.4 Å². The average Bonchev–Trinajstić information content (AvgIpc) is 2.64. The van der Waals surface area contributed by atoms with Gasteiger partial charge in [-0.25, -0.2) is 0 Å². The van der Waals surface area contributed by atoms with Crippen molar-refractivity contribution in [2.75, 3.05) is 10.6 Å². The molecule has 2 N–H and O–H groups in total. The second-order valence-corrected chi connectivity index (χ2v) is 6.72. The number of hydrogen-bond acceptors (Lipinski definition) is 3. The quantitative estimate of drug-likeness (QED) is 0.534. The molecule has 0 fully saturated rings. The number of ether oxygens (including phenoxy) is 1. The highest BCUT2D eigenvalue weighted by molar-refractivity contribution is 6.30. The summed E-state index contributed by atoms with van der Waals surface area (Å²) in [6.07, 6.45) is 0. The van der Waals surface area contributed by atoms with Gasteiger partial charge in [0.2, 0.25) is 5.91 Å². The van der Waals surface area contributed by atoms with Gasteiger partial charge in [0, 0.05) is 11.9 Å². The molecule has 27 heavy (non-hydrogen) atoms. The number of nitrogens with one attached hydrogen (secondary N) is 2. The summed E-state index contributed by atoms with van der Waals surface area (Å²) >= 11 is 5.94. The van der Waals surface area contributed by atoms with Crippen LogP contribution in [0, 0.1) is 13.8 Å². The van der Waals surface area contributed by atoms with Crippen LogP contribution in [0.1, 0.15) is 18.1 Å². The predicted octanol–water partition coefficient (Wildman–Crippen LogP) is 6.45. The van der Waals surface area contributed by atoms with Crippen LogP contribution < -0.4 is 15.4 Å². The number of para-hydroxylation sites is 2. The van der Waals surface area contributed by atoms with E-state index in [4.69, 9.17) is 16.3 Å². The van der Waals surface area contributed by atoms with Crippen molar-refractivity contribution in [3.63, 3.8) is 0 Å². The lowest BCUT2D eigenvalue weighted by Crippen LogP contribution is -2.09. The first-order chi connectivity index (χ1) is 12.9. The summed E-state index contributed by atoms with van der Waals surface area (Å²) < 4.78 is 6.02. The van der Waals surface area contributed by atoms with Crippen molar-refractivity contribution in [3.8, 4) is 11.5 Å². The van der Waals surface area contributed by atoms with Crippen LogP contribution in [0.15, 0.2) is 60.7 Å². The van der Waals surface area contributed by atoms with Crippen LogP contribution in [0.3, 0.4) is 0 Å². The summed E-state index contributed by atoms with van der Waals surface area (Å²) in [5.41, 5.74) is 4.56. The molecule has 0 aromatic heterocycles. The number of anilines is 3. The third-order valence-electron chi connectivity index (χ3n) is 4.23. The summed E-state index contributed by atoms with van der Waals surface area (Å²) in [4.78, 5) is 11.6. The van der Waals surface area contributed by atoms with E-state index in [0.29, 0.717) is 16.5 Å². The molecule has 5 heteroatoms. The molecule has 0 heterocycles. The number of amides is 1. The maximum Gasteiger partial charge on any atom is 0.221 e. The number of rotatable bonds is 5. The van der Waals surface area contributed by atoms with Gasteiger partial charge in [-0.3, -0.25) is 4.79 Å². The van der Waals surface area contributed by atoms with Crippen LogP contribution in [-0.2, 0) is 4.79 Å². The van der Waals surface area contributed by atoms with Crippen molar-refractivity contribution in [1.82, 2.24) is 0 Å². The third kappa shape index (κ3) is 4.60. The molecule has 3 aromatic carbocycles. The third-order valence-corrected chi connectivity index (χ3v) is 4.49. The number of aryl methyl sites for hydroxylation is 1. The highest BCUT2D eigenvalue weighted by Gasteiger charge is 2.12. The van der Waals surface area contributed by atoms with Gasteiger partial charge in [0.1, 0.15) is 5.75 Å². The normalized spacial score (nSPS) is 10.4. The van der Waals surface area contributed by atoms with E-state index in [1.165, 1.54) is 6.92 Å². The zero-order valence-corrected chi connectivity index (χ0v) is 16.2. The van der Waals surface area contributed by atoms with Crippen molar-refractivity contribution >= 4 is 34.6 Å². The molecule has 138 valence electrons. The van der Waals surface area contributed by atoms with Crippen LogP contribution in [0.4, 0.5) is 17.1 Å². The fourth-order valence-electron chi connectivity index (χ4n) is 2.69. The van der Waals surface area contributed by atoms with Crippen LogP contribution >= 0.6 is 11.6 Å². The van der Waals surface area contributed by atoms with E-state index in [1.54, 1.807) is 12.1 Å². The van der Waals surface area contributed by atoms with Gasteiger partial charge in [-0.2, -0.15) is 0 Å². The minimum atomic E-state index is -0.119. The minimum absolute atomic E-state index is 0.119. The Morgan fingerprint density at radius 1 is 0.926 bits per heavy atom. The lowest BCUT2D eigenvalue weighted by molar-refractivity contribution is -0.114.